The van der Waals surface area contributed by atoms with Crippen molar-refractivity contribution in [2.75, 3.05) is 13.7 Å². The van der Waals surface area contributed by atoms with Crippen LogP contribution in [0.15, 0.2) is 0 Å². The fourth-order valence-electron chi connectivity index (χ4n) is 2.37. The first kappa shape index (κ1) is 16.8. The van der Waals surface area contributed by atoms with Gasteiger partial charge >= 0.3 is 6.03 Å². The molecule has 2 atom stereocenters. The summed E-state index contributed by atoms with van der Waals surface area (Å²) in [5, 5.41) is 8.39. The molecule has 1 rings (SSSR count). The van der Waals surface area contributed by atoms with Crippen molar-refractivity contribution in [3.8, 4) is 0 Å². The number of hydrogen-bond acceptors (Lipinski definition) is 3. The molecule has 0 aromatic carbocycles. The minimum absolute atomic E-state index is 0.0289. The quantitative estimate of drug-likeness (QED) is 0.709. The second kappa shape index (κ2) is 7.47. The van der Waals surface area contributed by atoms with Crippen molar-refractivity contribution in [3.05, 3.63) is 0 Å². The van der Waals surface area contributed by atoms with Crippen LogP contribution in [0.25, 0.3) is 0 Å². The molecular formula is C14H27N3O3. The summed E-state index contributed by atoms with van der Waals surface area (Å²) in [5.41, 5.74) is -0.285. The van der Waals surface area contributed by atoms with Gasteiger partial charge in [-0.3, -0.25) is 4.79 Å². The third kappa shape index (κ3) is 5.77. The van der Waals surface area contributed by atoms with Crippen LogP contribution in [-0.4, -0.2) is 43.3 Å². The summed E-state index contributed by atoms with van der Waals surface area (Å²) in [6, 6.07) is -0.759. The Morgan fingerprint density at radius 3 is 2.85 bits per heavy atom. The highest BCUT2D eigenvalue weighted by Gasteiger charge is 2.24. The zero-order valence-corrected chi connectivity index (χ0v) is 12.9. The standard InChI is InChI=1S/C14H27N3O3/c1-10(9-14(2,3)20-4)16-13(19)17-11-7-5-6-8-15-12(11)18/h10-11H,5-9H2,1-4H3,(H,15,18)(H2,16,17,19)/t10-,11-/m0/s1. The van der Waals surface area contributed by atoms with Crippen molar-refractivity contribution < 1.29 is 14.3 Å². The fraction of sp³-hybridized carbons (Fsp3) is 0.857. The summed E-state index contributed by atoms with van der Waals surface area (Å²) in [7, 11) is 1.66. The third-order valence-electron chi connectivity index (χ3n) is 3.57. The van der Waals surface area contributed by atoms with E-state index in [-0.39, 0.29) is 23.6 Å². The average Bonchev–Trinajstić information content (AvgIpc) is 2.54. The van der Waals surface area contributed by atoms with E-state index in [4.69, 9.17) is 4.74 Å². The van der Waals surface area contributed by atoms with E-state index in [0.29, 0.717) is 19.4 Å². The number of carbonyl (C=O) groups is 2. The molecule has 116 valence electrons. The van der Waals surface area contributed by atoms with E-state index in [2.05, 4.69) is 16.0 Å². The molecule has 0 aromatic heterocycles. The van der Waals surface area contributed by atoms with Crippen LogP contribution in [0.4, 0.5) is 4.79 Å². The van der Waals surface area contributed by atoms with Crippen LogP contribution >= 0.6 is 0 Å². The van der Waals surface area contributed by atoms with Crippen LogP contribution < -0.4 is 16.0 Å². The van der Waals surface area contributed by atoms with Gasteiger partial charge in [0.05, 0.1) is 5.60 Å². The Morgan fingerprint density at radius 2 is 2.20 bits per heavy atom. The predicted octanol–water partition coefficient (Wildman–Crippen LogP) is 1.16. The highest BCUT2D eigenvalue weighted by Crippen LogP contribution is 2.15. The molecule has 1 heterocycles. The maximum absolute atomic E-state index is 11.9. The van der Waals surface area contributed by atoms with E-state index in [9.17, 15) is 9.59 Å². The van der Waals surface area contributed by atoms with E-state index < -0.39 is 6.04 Å². The summed E-state index contributed by atoms with van der Waals surface area (Å²) >= 11 is 0. The number of rotatable bonds is 5. The lowest BCUT2D eigenvalue weighted by molar-refractivity contribution is -0.122. The number of nitrogens with one attached hydrogen (secondary N) is 3. The lowest BCUT2D eigenvalue weighted by Gasteiger charge is -2.27. The normalized spacial score (nSPS) is 21.6. The van der Waals surface area contributed by atoms with Gasteiger partial charge in [-0.25, -0.2) is 4.79 Å². The predicted molar refractivity (Wildman–Crippen MR) is 77.5 cm³/mol. The monoisotopic (exact) mass is 285 g/mol. The zero-order valence-electron chi connectivity index (χ0n) is 12.9. The third-order valence-corrected chi connectivity index (χ3v) is 3.57. The Labute approximate surface area is 121 Å². The Morgan fingerprint density at radius 1 is 1.50 bits per heavy atom. The van der Waals surface area contributed by atoms with E-state index in [1.54, 1.807) is 7.11 Å². The zero-order chi connectivity index (χ0) is 15.2. The molecule has 0 aliphatic carbocycles. The summed E-state index contributed by atoms with van der Waals surface area (Å²) in [6.45, 7) is 6.56. The molecule has 0 saturated carbocycles. The number of hydrogen-bond donors (Lipinski definition) is 3. The van der Waals surface area contributed by atoms with E-state index in [0.717, 1.165) is 12.8 Å². The second-order valence-corrected chi connectivity index (χ2v) is 6.03. The first-order chi connectivity index (χ1) is 9.34. The Bertz CT molecular complexity index is 345. The Hall–Kier alpha value is -1.30. The summed E-state index contributed by atoms with van der Waals surface area (Å²) < 4.78 is 5.34. The molecule has 1 aliphatic rings. The highest BCUT2D eigenvalue weighted by atomic mass is 16.5. The van der Waals surface area contributed by atoms with Crippen molar-refractivity contribution in [2.24, 2.45) is 0 Å². The SMILES string of the molecule is COC(C)(C)C[C@H](C)NC(=O)N[C@H]1CCCCNC1=O. The second-order valence-electron chi connectivity index (χ2n) is 6.03. The van der Waals surface area contributed by atoms with Gasteiger partial charge in [-0.2, -0.15) is 0 Å². The molecule has 0 spiro atoms. The van der Waals surface area contributed by atoms with Gasteiger partial charge in [0.2, 0.25) is 5.91 Å². The molecule has 1 saturated heterocycles. The van der Waals surface area contributed by atoms with Crippen LogP contribution in [-0.2, 0) is 9.53 Å². The van der Waals surface area contributed by atoms with Crippen LogP contribution in [0.2, 0.25) is 0 Å². The molecule has 6 heteroatoms. The first-order valence-corrected chi connectivity index (χ1v) is 7.24. The lowest BCUT2D eigenvalue weighted by atomic mass is 10.00. The van der Waals surface area contributed by atoms with E-state index in [1.807, 2.05) is 20.8 Å². The van der Waals surface area contributed by atoms with Gasteiger partial charge in [-0.1, -0.05) is 0 Å². The maximum atomic E-state index is 11.9. The number of amides is 3. The molecule has 0 unspecified atom stereocenters. The van der Waals surface area contributed by atoms with Crippen molar-refractivity contribution in [1.82, 2.24) is 16.0 Å². The van der Waals surface area contributed by atoms with Gasteiger partial charge in [-0.15, -0.1) is 0 Å². The van der Waals surface area contributed by atoms with Crippen molar-refractivity contribution >= 4 is 11.9 Å². The van der Waals surface area contributed by atoms with E-state index in [1.165, 1.54) is 0 Å². The van der Waals surface area contributed by atoms with Gasteiger partial charge < -0.3 is 20.7 Å². The summed E-state index contributed by atoms with van der Waals surface area (Å²) in [5.74, 6) is -0.0949. The van der Waals surface area contributed by atoms with Gasteiger partial charge in [0.15, 0.2) is 0 Å². The minimum atomic E-state index is -0.430. The molecule has 0 radical (unpaired) electrons. The molecule has 3 amide bonds. The highest BCUT2D eigenvalue weighted by molar-refractivity contribution is 5.87. The van der Waals surface area contributed by atoms with Crippen LogP contribution in [0.3, 0.4) is 0 Å². The lowest BCUT2D eigenvalue weighted by Crippen LogP contribution is -2.51. The number of carbonyl (C=O) groups excluding carboxylic acids is 2. The topological polar surface area (TPSA) is 79.5 Å². The number of methoxy groups -OCH3 is 1. The van der Waals surface area contributed by atoms with Crippen LogP contribution in [0.5, 0.6) is 0 Å². The largest absolute Gasteiger partial charge is 0.379 e. The van der Waals surface area contributed by atoms with Gasteiger partial charge in [0.25, 0.3) is 0 Å². The van der Waals surface area contributed by atoms with Gasteiger partial charge in [0.1, 0.15) is 6.04 Å². The maximum Gasteiger partial charge on any atom is 0.315 e. The van der Waals surface area contributed by atoms with Crippen molar-refractivity contribution in [1.29, 1.82) is 0 Å². The minimum Gasteiger partial charge on any atom is -0.379 e. The Balaban J connectivity index is 2.40. The summed E-state index contributed by atoms with van der Waals surface area (Å²) in [6.07, 6.45) is 3.30. The average molecular weight is 285 g/mol. The Kier molecular flexibility index (Phi) is 6.26. The first-order valence-electron chi connectivity index (χ1n) is 7.24. The summed E-state index contributed by atoms with van der Waals surface area (Å²) in [4.78, 5) is 23.6. The molecule has 6 nitrogen and oxygen atoms in total. The van der Waals surface area contributed by atoms with Crippen molar-refractivity contribution in [2.45, 2.75) is 64.1 Å². The number of ether oxygens (including phenoxy) is 1. The van der Waals surface area contributed by atoms with Crippen LogP contribution in [0, 0.1) is 0 Å². The van der Waals surface area contributed by atoms with Gasteiger partial charge in [0, 0.05) is 19.7 Å². The van der Waals surface area contributed by atoms with Crippen LogP contribution in [0.1, 0.15) is 46.5 Å². The van der Waals surface area contributed by atoms with Gasteiger partial charge in [-0.05, 0) is 46.5 Å². The smallest absolute Gasteiger partial charge is 0.315 e. The van der Waals surface area contributed by atoms with Crippen molar-refractivity contribution in [3.63, 3.8) is 0 Å². The fourth-order valence-corrected chi connectivity index (χ4v) is 2.37. The number of urea groups is 1. The molecular weight excluding hydrogens is 258 g/mol. The molecule has 3 N–H and O–H groups in total. The molecule has 1 aliphatic heterocycles. The molecule has 20 heavy (non-hydrogen) atoms. The molecule has 1 fully saturated rings. The van der Waals surface area contributed by atoms with E-state index >= 15 is 0 Å². The molecule has 0 bridgehead atoms. The molecule has 0 aromatic rings.